The zero-order valence-electron chi connectivity index (χ0n) is 64.4. The van der Waals surface area contributed by atoms with E-state index in [-0.39, 0.29) is 0 Å². The highest BCUT2D eigenvalue weighted by Crippen LogP contribution is 2.35. The van der Waals surface area contributed by atoms with Crippen molar-refractivity contribution < 1.29 is 4.42 Å². The van der Waals surface area contributed by atoms with E-state index in [1.54, 1.807) is 17.6 Å². The topological polar surface area (TPSA) is 41.0 Å². The van der Waals surface area contributed by atoms with Crippen LogP contribution in [0.4, 0.5) is 0 Å². The molecule has 1 aliphatic heterocycles. The van der Waals surface area contributed by atoms with Gasteiger partial charge in [0.2, 0.25) is 0 Å². The lowest BCUT2D eigenvalue weighted by Crippen LogP contribution is -2.03. The number of hydrogen-bond donors (Lipinski definition) is 2. The summed E-state index contributed by atoms with van der Waals surface area (Å²) in [6.45, 7) is 74.1. The predicted octanol–water partition coefficient (Wildman–Crippen LogP) is 30.6. The Kier molecular flexibility index (Phi) is 109. The number of thiophene rings is 1. The lowest BCUT2D eigenvalue weighted by molar-refractivity contribution is 0.504. The predicted molar refractivity (Wildman–Crippen MR) is 410 cm³/mol. The number of aromatic amines is 1. The van der Waals surface area contributed by atoms with Crippen LogP contribution in [-0.2, 0) is 0 Å². The van der Waals surface area contributed by atoms with E-state index in [2.05, 4.69) is 203 Å². The molecule has 3 saturated carbocycles. The number of H-pyrrole nitrogens is 1. The first-order valence-electron chi connectivity index (χ1n) is 35.7. The molecule has 0 amide bonds. The summed E-state index contributed by atoms with van der Waals surface area (Å²) in [5.41, 5.74) is 2.16. The number of hydrogen-bond acceptors (Lipinski definition) is 3. The van der Waals surface area contributed by atoms with Crippen LogP contribution >= 0.6 is 11.3 Å². The molecule has 3 aromatic carbocycles. The van der Waals surface area contributed by atoms with E-state index < -0.39 is 0 Å². The van der Waals surface area contributed by atoms with Gasteiger partial charge in [-0.2, -0.15) is 0 Å². The van der Waals surface area contributed by atoms with Crippen LogP contribution in [0.1, 0.15) is 319 Å². The fourth-order valence-electron chi connectivity index (χ4n) is 5.33. The maximum Gasteiger partial charge on any atom is 0.133 e. The SMILES string of the molecule is C1CCC1.C1CCCC1.C1CCNC1.CC.CC.CC.CC.CC.CC.CC.CC(C)C.CC(C)C.CC(C)C.CC(C)C.CC(C)C.CC(C)C.CC(C)C1CC1.c1ccc2[nH]ccc2c1.c1ccc2occc2c1.c1ccc2sccc2c1. The molecule has 0 bridgehead atoms. The number of benzene rings is 3. The highest BCUT2D eigenvalue weighted by atomic mass is 32.1. The Balaban J connectivity index is -0.0000000892. The summed E-state index contributed by atoms with van der Waals surface area (Å²) in [5, 5.41) is 9.13. The first kappa shape index (κ1) is 103. The van der Waals surface area contributed by atoms with Crippen molar-refractivity contribution in [1.29, 1.82) is 0 Å². The van der Waals surface area contributed by atoms with Gasteiger partial charge in [0.1, 0.15) is 5.58 Å². The zero-order chi connectivity index (χ0) is 68.2. The van der Waals surface area contributed by atoms with Gasteiger partial charge in [0.25, 0.3) is 0 Å². The summed E-state index contributed by atoms with van der Waals surface area (Å²) < 4.78 is 6.49. The summed E-state index contributed by atoms with van der Waals surface area (Å²) in [7, 11) is 0. The third-order valence-corrected chi connectivity index (χ3v) is 9.86. The summed E-state index contributed by atoms with van der Waals surface area (Å²) in [4.78, 5) is 3.12. The second-order valence-electron chi connectivity index (χ2n) is 23.6. The molecule has 4 heterocycles. The van der Waals surface area contributed by atoms with E-state index in [9.17, 15) is 0 Å². The monoisotopic (exact) mass is 1210 g/mol. The van der Waals surface area contributed by atoms with Crippen molar-refractivity contribution in [3.63, 3.8) is 0 Å². The van der Waals surface area contributed by atoms with Gasteiger partial charge in [-0.15, -0.1) is 11.3 Å². The Morgan fingerprint density at radius 3 is 0.953 bits per heavy atom. The summed E-state index contributed by atoms with van der Waals surface area (Å²) in [6, 6.07) is 30.7. The van der Waals surface area contributed by atoms with E-state index in [1.807, 2.05) is 146 Å². The summed E-state index contributed by atoms with van der Waals surface area (Å²) >= 11 is 1.79. The molecule has 6 aromatic rings. The normalized spacial score (nSPS) is 11.8. The molecule has 506 valence electrons. The van der Waals surface area contributed by atoms with Crippen molar-refractivity contribution >= 4 is 43.3 Å². The van der Waals surface area contributed by atoms with Crippen molar-refractivity contribution in [1.82, 2.24) is 10.3 Å². The van der Waals surface area contributed by atoms with Crippen LogP contribution in [-0.4, -0.2) is 18.1 Å². The van der Waals surface area contributed by atoms with E-state index >= 15 is 0 Å². The molecule has 0 spiro atoms. The van der Waals surface area contributed by atoms with Gasteiger partial charge in [-0.1, -0.05) is 348 Å². The third-order valence-electron chi connectivity index (χ3n) is 8.96. The number of rotatable bonds is 1. The minimum absolute atomic E-state index is 0.833. The van der Waals surface area contributed by atoms with Gasteiger partial charge in [0.15, 0.2) is 0 Å². The van der Waals surface area contributed by atoms with E-state index in [0.29, 0.717) is 0 Å². The van der Waals surface area contributed by atoms with Crippen LogP contribution in [0.25, 0.3) is 32.0 Å². The average molecular weight is 1210 g/mol. The molecule has 4 fully saturated rings. The maximum atomic E-state index is 5.12. The molecule has 1 saturated heterocycles. The van der Waals surface area contributed by atoms with Gasteiger partial charge in [-0.3, -0.25) is 0 Å². The van der Waals surface area contributed by atoms with E-state index in [0.717, 1.165) is 58.3 Å². The van der Waals surface area contributed by atoms with Crippen molar-refractivity contribution in [2.75, 3.05) is 13.1 Å². The van der Waals surface area contributed by atoms with Crippen LogP contribution < -0.4 is 5.32 Å². The van der Waals surface area contributed by atoms with Crippen molar-refractivity contribution in [3.05, 3.63) is 109 Å². The fraction of sp³-hybridized carbons (Fsp3) is 0.704. The van der Waals surface area contributed by atoms with Crippen LogP contribution in [0.2, 0.25) is 0 Å². The number of furan rings is 1. The largest absolute Gasteiger partial charge is 0.464 e. The molecule has 4 heteroatoms. The number of para-hydroxylation sites is 2. The first-order chi connectivity index (χ1) is 40.6. The summed E-state index contributed by atoms with van der Waals surface area (Å²) in [6.07, 6.45) is 22.9. The van der Waals surface area contributed by atoms with Crippen molar-refractivity contribution in [3.8, 4) is 0 Å². The van der Waals surface area contributed by atoms with Gasteiger partial charge in [0.05, 0.1) is 6.26 Å². The van der Waals surface area contributed by atoms with E-state index in [1.165, 1.54) is 118 Å². The molecule has 3 nitrogen and oxygen atoms in total. The lowest BCUT2D eigenvalue weighted by Gasteiger charge is -2.05. The zero-order valence-corrected chi connectivity index (χ0v) is 65.3. The Labute approximate surface area is 543 Å². The first-order valence-corrected chi connectivity index (χ1v) is 36.5. The Hall–Kier alpha value is -3.34. The molecular weight excluding hydrogens is 1050 g/mol. The third kappa shape index (κ3) is 106. The number of nitrogens with one attached hydrogen (secondary N) is 2. The quantitative estimate of drug-likeness (QED) is 0.172. The molecule has 0 unspecified atom stereocenters. The number of aromatic nitrogens is 1. The summed E-state index contributed by atoms with van der Waals surface area (Å²) in [5.74, 6) is 7.06. The molecule has 4 aliphatic rings. The molecule has 2 N–H and O–H groups in total. The molecule has 10 rings (SSSR count). The van der Waals surface area contributed by atoms with Crippen LogP contribution in [0, 0.1) is 47.3 Å². The smallest absolute Gasteiger partial charge is 0.133 e. The standard InChI is InChI=1S/C8H7N.C8H6O.C8H6S.C6H12.C5H10.C4H9N.C4H8.6C4H10.7C2H6/c3*1-2-4-8-7(3-1)5-6-9-8;1-5(2)6-3-4-6;2*1-2-4-5-3-1;1-2-4-3-1;6*1-4(2)3;7*1-2/h1-6,9H;2*1-6H;5-6H,3-4H2,1-2H3;1-5H2;5H,1-4H2;1-4H2;6*4H,1-3H3;7*1-2H3. The molecule has 0 radical (unpaired) electrons. The molecule has 3 aromatic heterocycles. The maximum absolute atomic E-state index is 5.12. The van der Waals surface area contributed by atoms with Gasteiger partial charge in [-0.05, 0) is 139 Å². The van der Waals surface area contributed by atoms with Crippen LogP contribution in [0.5, 0.6) is 0 Å². The Bertz CT molecular complexity index is 1550. The van der Waals surface area contributed by atoms with Crippen molar-refractivity contribution in [2.24, 2.45) is 47.3 Å². The minimum Gasteiger partial charge on any atom is -0.464 e. The van der Waals surface area contributed by atoms with Crippen molar-refractivity contribution in [2.45, 2.75) is 319 Å². The number of fused-ring (bicyclic) bond motifs is 3. The van der Waals surface area contributed by atoms with Gasteiger partial charge >= 0.3 is 0 Å². The highest BCUT2D eigenvalue weighted by Gasteiger charge is 2.24. The van der Waals surface area contributed by atoms with Gasteiger partial charge in [-0.25, -0.2) is 0 Å². The van der Waals surface area contributed by atoms with E-state index in [4.69, 9.17) is 4.42 Å². The lowest BCUT2D eigenvalue weighted by atomic mass is 10.0. The average Bonchev–Trinajstić information content (AvgIpc) is 4.20. The Morgan fingerprint density at radius 2 is 0.671 bits per heavy atom. The van der Waals surface area contributed by atoms with Gasteiger partial charge < -0.3 is 14.7 Å². The van der Waals surface area contributed by atoms with Gasteiger partial charge in [0, 0.05) is 21.8 Å². The molecule has 3 aliphatic carbocycles. The second-order valence-corrected chi connectivity index (χ2v) is 24.5. The molecule has 0 atom stereocenters. The highest BCUT2D eigenvalue weighted by molar-refractivity contribution is 7.17. The molecular formula is C81H160N2OS. The van der Waals surface area contributed by atoms with Crippen LogP contribution in [0.3, 0.4) is 0 Å². The fourth-order valence-corrected chi connectivity index (χ4v) is 6.12. The molecule has 85 heavy (non-hydrogen) atoms. The van der Waals surface area contributed by atoms with Crippen LogP contribution in [0.15, 0.2) is 113 Å². The second kappa shape index (κ2) is 89.4. The minimum atomic E-state index is 0.833. The Morgan fingerprint density at radius 1 is 0.353 bits per heavy atom.